The van der Waals surface area contributed by atoms with Crippen molar-refractivity contribution in [2.45, 2.75) is 32.6 Å². The Morgan fingerprint density at radius 3 is 2.50 bits per heavy atom. The largest absolute Gasteiger partial charge is 0.354 e. The number of hydrogen-bond donors (Lipinski definition) is 2. The lowest BCUT2D eigenvalue weighted by atomic mass is 10.1. The number of aromatic nitrogens is 3. The molecule has 2 aromatic rings. The van der Waals surface area contributed by atoms with Crippen LogP contribution in [0.15, 0.2) is 24.3 Å². The Bertz CT molecular complexity index is 781. The molecule has 1 aliphatic rings. The molecule has 0 saturated heterocycles. The molecule has 8 heteroatoms. The molecule has 1 saturated carbocycles. The second kappa shape index (κ2) is 8.07. The molecule has 2 amide bonds. The minimum Gasteiger partial charge on any atom is -0.354 e. The van der Waals surface area contributed by atoms with Crippen LogP contribution < -0.4 is 10.6 Å². The van der Waals surface area contributed by atoms with E-state index in [4.69, 9.17) is 0 Å². The highest BCUT2D eigenvalue weighted by Crippen LogP contribution is 2.24. The fourth-order valence-corrected chi connectivity index (χ4v) is 3.14. The average molecular weight is 359 g/mol. The quantitative estimate of drug-likeness (QED) is 0.769. The van der Waals surface area contributed by atoms with Crippen LogP contribution in [0.2, 0.25) is 0 Å². The van der Waals surface area contributed by atoms with Gasteiger partial charge in [0.15, 0.2) is 5.69 Å². The zero-order valence-corrected chi connectivity index (χ0v) is 14.7. The van der Waals surface area contributed by atoms with Gasteiger partial charge in [-0.1, -0.05) is 18.1 Å². The summed E-state index contributed by atoms with van der Waals surface area (Å²) in [4.78, 5) is 24.2. The fourth-order valence-electron chi connectivity index (χ4n) is 3.14. The lowest BCUT2D eigenvalue weighted by Crippen LogP contribution is -2.37. The van der Waals surface area contributed by atoms with Crippen LogP contribution in [0.4, 0.5) is 4.39 Å². The monoisotopic (exact) mass is 359 g/mol. The minimum absolute atomic E-state index is 0.0650. The molecule has 0 aliphatic heterocycles. The Kier molecular flexibility index (Phi) is 5.60. The third kappa shape index (κ3) is 4.07. The number of carbonyl (C=O) groups is 2. The first-order chi connectivity index (χ1) is 12.6. The van der Waals surface area contributed by atoms with Crippen LogP contribution in [0.25, 0.3) is 5.69 Å². The van der Waals surface area contributed by atoms with Crippen LogP contribution in [0.1, 0.15) is 41.9 Å². The van der Waals surface area contributed by atoms with Crippen LogP contribution >= 0.6 is 0 Å². The Labute approximate surface area is 151 Å². The number of amides is 2. The molecule has 26 heavy (non-hydrogen) atoms. The maximum absolute atomic E-state index is 13.0. The summed E-state index contributed by atoms with van der Waals surface area (Å²) in [7, 11) is 0. The Balaban J connectivity index is 1.52. The topological polar surface area (TPSA) is 88.9 Å². The van der Waals surface area contributed by atoms with Gasteiger partial charge in [-0.05, 0) is 44.0 Å². The van der Waals surface area contributed by atoms with E-state index in [1.54, 1.807) is 19.1 Å². The van der Waals surface area contributed by atoms with Gasteiger partial charge in [-0.2, -0.15) is 0 Å². The van der Waals surface area contributed by atoms with Crippen molar-refractivity contribution in [1.82, 2.24) is 25.6 Å². The molecule has 1 fully saturated rings. The molecule has 0 bridgehead atoms. The first-order valence-electron chi connectivity index (χ1n) is 8.80. The normalized spacial score (nSPS) is 14.4. The standard InChI is InChI=1S/C18H22FN5O2/c1-12-16(22-23-24(12)15-8-6-14(19)7-9-15)18(26)21-11-10-20-17(25)13-4-2-3-5-13/h6-9,13H,2-5,10-11H2,1H3,(H,20,25)(H,21,26). The molecular formula is C18H22FN5O2. The molecular weight excluding hydrogens is 337 g/mol. The van der Waals surface area contributed by atoms with Crippen LogP contribution in [-0.4, -0.2) is 39.9 Å². The van der Waals surface area contributed by atoms with E-state index in [-0.39, 0.29) is 29.2 Å². The molecule has 0 spiro atoms. The Hall–Kier alpha value is -2.77. The molecule has 138 valence electrons. The zero-order valence-electron chi connectivity index (χ0n) is 14.7. The van der Waals surface area contributed by atoms with Crippen molar-refractivity contribution in [3.05, 3.63) is 41.5 Å². The van der Waals surface area contributed by atoms with E-state index in [9.17, 15) is 14.0 Å². The lowest BCUT2D eigenvalue weighted by molar-refractivity contribution is -0.124. The summed E-state index contributed by atoms with van der Waals surface area (Å²) < 4.78 is 14.5. The zero-order chi connectivity index (χ0) is 18.5. The Morgan fingerprint density at radius 2 is 1.81 bits per heavy atom. The van der Waals surface area contributed by atoms with Gasteiger partial charge < -0.3 is 10.6 Å². The summed E-state index contributed by atoms with van der Waals surface area (Å²) in [5.74, 6) is -0.520. The number of rotatable bonds is 6. The molecule has 1 aromatic heterocycles. The molecule has 0 radical (unpaired) electrons. The maximum Gasteiger partial charge on any atom is 0.273 e. The summed E-state index contributed by atoms with van der Waals surface area (Å²) >= 11 is 0. The van der Waals surface area contributed by atoms with Crippen LogP contribution in [-0.2, 0) is 4.79 Å². The van der Waals surface area contributed by atoms with Gasteiger partial charge >= 0.3 is 0 Å². The number of nitrogens with one attached hydrogen (secondary N) is 2. The van der Waals surface area contributed by atoms with Crippen molar-refractivity contribution in [3.8, 4) is 5.69 Å². The lowest BCUT2D eigenvalue weighted by Gasteiger charge is -2.10. The summed E-state index contributed by atoms with van der Waals surface area (Å²) in [6, 6.07) is 5.78. The molecule has 0 atom stereocenters. The van der Waals surface area contributed by atoms with Gasteiger partial charge in [-0.15, -0.1) is 5.10 Å². The predicted molar refractivity (Wildman–Crippen MR) is 93.4 cm³/mol. The van der Waals surface area contributed by atoms with Crippen LogP contribution in [0.5, 0.6) is 0 Å². The Morgan fingerprint density at radius 1 is 1.15 bits per heavy atom. The molecule has 2 N–H and O–H groups in total. The van der Waals surface area contributed by atoms with Crippen LogP contribution in [0.3, 0.4) is 0 Å². The van der Waals surface area contributed by atoms with E-state index in [0.29, 0.717) is 24.5 Å². The smallest absolute Gasteiger partial charge is 0.273 e. The van der Waals surface area contributed by atoms with E-state index < -0.39 is 0 Å². The van der Waals surface area contributed by atoms with E-state index in [1.807, 2.05) is 0 Å². The highest BCUT2D eigenvalue weighted by molar-refractivity contribution is 5.93. The van der Waals surface area contributed by atoms with Gasteiger partial charge in [0.25, 0.3) is 5.91 Å². The van der Waals surface area contributed by atoms with Gasteiger partial charge in [0.1, 0.15) is 5.82 Å². The number of halogens is 1. The van der Waals surface area contributed by atoms with Crippen molar-refractivity contribution >= 4 is 11.8 Å². The third-order valence-corrected chi connectivity index (χ3v) is 4.62. The van der Waals surface area contributed by atoms with E-state index >= 15 is 0 Å². The highest BCUT2D eigenvalue weighted by Gasteiger charge is 2.22. The van der Waals surface area contributed by atoms with E-state index in [0.717, 1.165) is 25.7 Å². The van der Waals surface area contributed by atoms with Crippen molar-refractivity contribution in [2.75, 3.05) is 13.1 Å². The first-order valence-corrected chi connectivity index (χ1v) is 8.80. The van der Waals surface area contributed by atoms with Crippen molar-refractivity contribution in [2.24, 2.45) is 5.92 Å². The molecule has 7 nitrogen and oxygen atoms in total. The van der Waals surface area contributed by atoms with Crippen molar-refractivity contribution in [1.29, 1.82) is 0 Å². The third-order valence-electron chi connectivity index (χ3n) is 4.62. The van der Waals surface area contributed by atoms with Gasteiger partial charge in [-0.25, -0.2) is 9.07 Å². The second-order valence-electron chi connectivity index (χ2n) is 6.44. The van der Waals surface area contributed by atoms with Crippen molar-refractivity contribution in [3.63, 3.8) is 0 Å². The maximum atomic E-state index is 13.0. The van der Waals surface area contributed by atoms with Crippen molar-refractivity contribution < 1.29 is 14.0 Å². The van der Waals surface area contributed by atoms with E-state index in [2.05, 4.69) is 20.9 Å². The first kappa shape index (κ1) is 18.0. The number of carbonyl (C=O) groups excluding carboxylic acids is 2. The van der Waals surface area contributed by atoms with Crippen LogP contribution in [0, 0.1) is 18.7 Å². The number of nitrogens with zero attached hydrogens (tertiary/aromatic N) is 3. The summed E-state index contributed by atoms with van der Waals surface area (Å²) in [6.45, 7) is 2.42. The molecule has 3 rings (SSSR count). The van der Waals surface area contributed by atoms with Gasteiger partial charge in [0, 0.05) is 19.0 Å². The average Bonchev–Trinajstić information content (AvgIpc) is 3.29. The fraction of sp³-hybridized carbons (Fsp3) is 0.444. The van der Waals surface area contributed by atoms with E-state index in [1.165, 1.54) is 16.8 Å². The molecule has 1 heterocycles. The second-order valence-corrected chi connectivity index (χ2v) is 6.44. The molecule has 0 unspecified atom stereocenters. The molecule has 1 aromatic carbocycles. The number of hydrogen-bond acceptors (Lipinski definition) is 4. The SMILES string of the molecule is Cc1c(C(=O)NCCNC(=O)C2CCCC2)nnn1-c1ccc(F)cc1. The highest BCUT2D eigenvalue weighted by atomic mass is 19.1. The summed E-state index contributed by atoms with van der Waals surface area (Å²) in [5, 5.41) is 13.5. The summed E-state index contributed by atoms with van der Waals surface area (Å²) in [6.07, 6.45) is 4.11. The minimum atomic E-state index is -0.356. The van der Waals surface area contributed by atoms with Gasteiger partial charge in [0.05, 0.1) is 11.4 Å². The molecule has 1 aliphatic carbocycles. The summed E-state index contributed by atoms with van der Waals surface area (Å²) in [5.41, 5.74) is 1.39. The van der Waals surface area contributed by atoms with Gasteiger partial charge in [-0.3, -0.25) is 9.59 Å². The predicted octanol–water partition coefficient (Wildman–Crippen LogP) is 1.75. The van der Waals surface area contributed by atoms with Gasteiger partial charge in [0.2, 0.25) is 5.91 Å². The number of benzene rings is 1.